The Labute approximate surface area is 118 Å². The molecule has 0 aliphatic rings. The van der Waals surface area contributed by atoms with E-state index in [0.717, 1.165) is 24.4 Å². The summed E-state index contributed by atoms with van der Waals surface area (Å²) in [6, 6.07) is 14.4. The molecule has 3 aromatic rings. The van der Waals surface area contributed by atoms with Gasteiger partial charge < -0.3 is 14.5 Å². The van der Waals surface area contributed by atoms with Gasteiger partial charge in [0.15, 0.2) is 0 Å². The first-order valence-electron chi connectivity index (χ1n) is 6.65. The SMILES string of the molecule is COc1ccc2ccccc2c1CNCc1ccoc1. The van der Waals surface area contributed by atoms with E-state index in [-0.39, 0.29) is 0 Å². The first-order chi connectivity index (χ1) is 9.88. The standard InChI is InChI=1S/C17H17NO2/c1-19-17-7-6-14-4-2-3-5-15(14)16(17)11-18-10-13-8-9-20-12-13/h2-9,12,18H,10-11H2,1H3. The van der Waals surface area contributed by atoms with Crippen LogP contribution in [0.2, 0.25) is 0 Å². The molecule has 1 heterocycles. The van der Waals surface area contributed by atoms with Gasteiger partial charge in [-0.15, -0.1) is 0 Å². The van der Waals surface area contributed by atoms with Crippen molar-refractivity contribution < 1.29 is 9.15 Å². The molecule has 0 saturated carbocycles. The summed E-state index contributed by atoms with van der Waals surface area (Å²) >= 11 is 0. The highest BCUT2D eigenvalue weighted by Gasteiger charge is 2.07. The minimum atomic E-state index is 0.760. The highest BCUT2D eigenvalue weighted by molar-refractivity contribution is 5.87. The lowest BCUT2D eigenvalue weighted by atomic mass is 10.0. The predicted octanol–water partition coefficient (Wildman–Crippen LogP) is 3.73. The zero-order chi connectivity index (χ0) is 13.8. The molecule has 20 heavy (non-hydrogen) atoms. The van der Waals surface area contributed by atoms with Crippen molar-refractivity contribution in [2.45, 2.75) is 13.1 Å². The normalized spacial score (nSPS) is 10.8. The van der Waals surface area contributed by atoms with Gasteiger partial charge in [0.2, 0.25) is 0 Å². The molecular weight excluding hydrogens is 250 g/mol. The van der Waals surface area contributed by atoms with Gasteiger partial charge in [-0.3, -0.25) is 0 Å². The first kappa shape index (κ1) is 12.8. The van der Waals surface area contributed by atoms with Crippen LogP contribution in [0.15, 0.2) is 59.4 Å². The largest absolute Gasteiger partial charge is 0.496 e. The number of nitrogens with one attached hydrogen (secondary N) is 1. The average molecular weight is 267 g/mol. The summed E-state index contributed by atoms with van der Waals surface area (Å²) in [6.45, 7) is 1.54. The van der Waals surface area contributed by atoms with Crippen molar-refractivity contribution in [1.82, 2.24) is 5.32 Å². The van der Waals surface area contributed by atoms with Gasteiger partial charge in [0.1, 0.15) is 5.75 Å². The molecular formula is C17H17NO2. The third-order valence-electron chi connectivity index (χ3n) is 3.43. The van der Waals surface area contributed by atoms with Crippen LogP contribution in [0.25, 0.3) is 10.8 Å². The lowest BCUT2D eigenvalue weighted by molar-refractivity contribution is 0.408. The number of methoxy groups -OCH3 is 1. The second kappa shape index (κ2) is 5.80. The zero-order valence-electron chi connectivity index (χ0n) is 11.4. The lowest BCUT2D eigenvalue weighted by Gasteiger charge is -2.12. The Hall–Kier alpha value is -2.26. The van der Waals surface area contributed by atoms with Crippen molar-refractivity contribution in [3.8, 4) is 5.75 Å². The summed E-state index contributed by atoms with van der Waals surface area (Å²) in [4.78, 5) is 0. The van der Waals surface area contributed by atoms with E-state index < -0.39 is 0 Å². The Morgan fingerprint density at radius 1 is 1.05 bits per heavy atom. The molecule has 1 aromatic heterocycles. The van der Waals surface area contributed by atoms with E-state index in [2.05, 4.69) is 35.6 Å². The van der Waals surface area contributed by atoms with E-state index in [1.807, 2.05) is 12.1 Å². The molecule has 0 atom stereocenters. The van der Waals surface area contributed by atoms with Crippen LogP contribution in [-0.4, -0.2) is 7.11 Å². The van der Waals surface area contributed by atoms with Gasteiger partial charge in [0.05, 0.1) is 19.6 Å². The fourth-order valence-electron chi connectivity index (χ4n) is 2.41. The molecule has 3 nitrogen and oxygen atoms in total. The number of rotatable bonds is 5. The van der Waals surface area contributed by atoms with Crippen LogP contribution in [-0.2, 0) is 13.1 Å². The number of ether oxygens (including phenoxy) is 1. The van der Waals surface area contributed by atoms with Crippen LogP contribution in [0.4, 0.5) is 0 Å². The Morgan fingerprint density at radius 3 is 2.75 bits per heavy atom. The number of fused-ring (bicyclic) bond motifs is 1. The molecule has 0 radical (unpaired) electrons. The van der Waals surface area contributed by atoms with Gasteiger partial charge >= 0.3 is 0 Å². The third kappa shape index (κ3) is 2.53. The number of hydrogen-bond acceptors (Lipinski definition) is 3. The lowest BCUT2D eigenvalue weighted by Crippen LogP contribution is -2.13. The monoisotopic (exact) mass is 267 g/mol. The molecule has 0 amide bonds. The van der Waals surface area contributed by atoms with Crippen molar-refractivity contribution >= 4 is 10.8 Å². The molecule has 0 unspecified atom stereocenters. The predicted molar refractivity (Wildman–Crippen MR) is 79.8 cm³/mol. The fraction of sp³-hybridized carbons (Fsp3) is 0.176. The summed E-state index contributed by atoms with van der Waals surface area (Å²) < 4.78 is 10.6. The maximum atomic E-state index is 5.48. The number of furan rings is 1. The summed E-state index contributed by atoms with van der Waals surface area (Å²) in [5.74, 6) is 0.920. The van der Waals surface area contributed by atoms with Gasteiger partial charge in [-0.1, -0.05) is 30.3 Å². The minimum Gasteiger partial charge on any atom is -0.496 e. The van der Waals surface area contributed by atoms with Crippen LogP contribution < -0.4 is 10.1 Å². The molecule has 3 rings (SSSR count). The Bertz CT molecular complexity index is 689. The van der Waals surface area contributed by atoms with Gasteiger partial charge in [0.25, 0.3) is 0 Å². The average Bonchev–Trinajstić information content (AvgIpc) is 3.00. The Balaban J connectivity index is 1.85. The molecule has 0 aliphatic heterocycles. The summed E-state index contributed by atoms with van der Waals surface area (Å²) in [5, 5.41) is 5.89. The molecule has 3 heteroatoms. The van der Waals surface area contributed by atoms with Crippen LogP contribution in [0, 0.1) is 0 Å². The number of hydrogen-bond donors (Lipinski definition) is 1. The molecule has 2 aromatic carbocycles. The van der Waals surface area contributed by atoms with Gasteiger partial charge in [-0.25, -0.2) is 0 Å². The van der Waals surface area contributed by atoms with Crippen molar-refractivity contribution in [3.05, 3.63) is 66.1 Å². The van der Waals surface area contributed by atoms with Crippen molar-refractivity contribution in [2.75, 3.05) is 7.11 Å². The second-order valence-electron chi connectivity index (χ2n) is 4.70. The topological polar surface area (TPSA) is 34.4 Å². The summed E-state index contributed by atoms with van der Waals surface area (Å²) in [7, 11) is 1.71. The van der Waals surface area contributed by atoms with E-state index in [1.165, 1.54) is 16.3 Å². The molecule has 0 saturated heterocycles. The molecule has 0 spiro atoms. The first-order valence-corrected chi connectivity index (χ1v) is 6.65. The molecule has 1 N–H and O–H groups in total. The third-order valence-corrected chi connectivity index (χ3v) is 3.43. The van der Waals surface area contributed by atoms with E-state index in [0.29, 0.717) is 0 Å². The summed E-state index contributed by atoms with van der Waals surface area (Å²) in [6.07, 6.45) is 3.45. The Kier molecular flexibility index (Phi) is 3.70. The van der Waals surface area contributed by atoms with Crippen molar-refractivity contribution in [2.24, 2.45) is 0 Å². The quantitative estimate of drug-likeness (QED) is 0.765. The van der Waals surface area contributed by atoms with Crippen LogP contribution in [0.3, 0.4) is 0 Å². The van der Waals surface area contributed by atoms with Crippen LogP contribution >= 0.6 is 0 Å². The highest BCUT2D eigenvalue weighted by Crippen LogP contribution is 2.27. The van der Waals surface area contributed by atoms with E-state index >= 15 is 0 Å². The smallest absolute Gasteiger partial charge is 0.123 e. The highest BCUT2D eigenvalue weighted by atomic mass is 16.5. The molecule has 0 aliphatic carbocycles. The Morgan fingerprint density at radius 2 is 1.95 bits per heavy atom. The van der Waals surface area contributed by atoms with E-state index in [9.17, 15) is 0 Å². The fourth-order valence-corrected chi connectivity index (χ4v) is 2.41. The second-order valence-corrected chi connectivity index (χ2v) is 4.70. The summed E-state index contributed by atoms with van der Waals surface area (Å²) in [5.41, 5.74) is 2.33. The van der Waals surface area contributed by atoms with E-state index in [1.54, 1.807) is 19.6 Å². The maximum absolute atomic E-state index is 5.48. The van der Waals surface area contributed by atoms with Gasteiger partial charge in [-0.2, -0.15) is 0 Å². The maximum Gasteiger partial charge on any atom is 0.123 e. The van der Waals surface area contributed by atoms with Crippen LogP contribution in [0.5, 0.6) is 5.75 Å². The number of benzene rings is 2. The minimum absolute atomic E-state index is 0.760. The molecule has 102 valence electrons. The zero-order valence-corrected chi connectivity index (χ0v) is 11.4. The van der Waals surface area contributed by atoms with Gasteiger partial charge in [-0.05, 0) is 22.9 Å². The van der Waals surface area contributed by atoms with Crippen molar-refractivity contribution in [1.29, 1.82) is 0 Å². The molecule has 0 bridgehead atoms. The van der Waals surface area contributed by atoms with E-state index in [4.69, 9.17) is 9.15 Å². The van der Waals surface area contributed by atoms with Gasteiger partial charge in [0, 0.05) is 24.2 Å². The molecule has 0 fully saturated rings. The van der Waals surface area contributed by atoms with Crippen molar-refractivity contribution in [3.63, 3.8) is 0 Å². The van der Waals surface area contributed by atoms with Crippen LogP contribution in [0.1, 0.15) is 11.1 Å².